The Kier molecular flexibility index (Phi) is 5.24. The van der Waals surface area contributed by atoms with Crippen LogP contribution in [0.25, 0.3) is 0 Å². The minimum atomic E-state index is -4.15. The van der Waals surface area contributed by atoms with E-state index in [4.69, 9.17) is 11.6 Å². The summed E-state index contributed by atoms with van der Waals surface area (Å²) in [6.07, 6.45) is 2.87. The molecule has 0 spiro atoms. The van der Waals surface area contributed by atoms with Crippen LogP contribution in [0.5, 0.6) is 0 Å². The topological polar surface area (TPSA) is 74.3 Å². The summed E-state index contributed by atoms with van der Waals surface area (Å²) in [5.41, 5.74) is -0.00740. The highest BCUT2D eigenvalue weighted by Gasteiger charge is 2.48. The summed E-state index contributed by atoms with van der Waals surface area (Å²) in [7, 11) is -4.15. The quantitative estimate of drug-likeness (QED) is 0.704. The van der Waals surface area contributed by atoms with Gasteiger partial charge in [0.1, 0.15) is 16.9 Å². The van der Waals surface area contributed by atoms with E-state index in [0.29, 0.717) is 19.5 Å². The Balaban J connectivity index is 1.53. The molecule has 6 nitrogen and oxygen atoms in total. The first-order valence-electron chi connectivity index (χ1n) is 8.83. The normalized spacial score (nSPS) is 25.0. The molecule has 0 aliphatic carbocycles. The molecule has 4 rings (SSSR count). The Labute approximate surface area is 171 Å². The SMILES string of the molecule is O=S(=O)(Nc1nccs1)c1cc(Cl)c(NC[C@]23CCCN2C[C@@H](F)C3)cc1F. The van der Waals surface area contributed by atoms with Crippen molar-refractivity contribution in [3.8, 4) is 0 Å². The standard InChI is InChI=1S/C17H19ClF2N4O2S2/c18-12-6-15(28(25,26)23-16-21-3-5-27-16)13(20)7-14(12)22-10-17-2-1-4-24(17)9-11(19)8-17/h3,5-7,11,22H,1-2,4,8-10H2,(H,21,23)/t11-,17+/m0/s1. The fraction of sp³-hybridized carbons (Fsp3) is 0.471. The Morgan fingerprint density at radius 3 is 3.00 bits per heavy atom. The molecule has 2 saturated heterocycles. The average molecular weight is 449 g/mol. The summed E-state index contributed by atoms with van der Waals surface area (Å²) in [5.74, 6) is -0.925. The van der Waals surface area contributed by atoms with Crippen LogP contribution in [0.3, 0.4) is 0 Å². The number of nitrogens with one attached hydrogen (secondary N) is 2. The molecule has 28 heavy (non-hydrogen) atoms. The van der Waals surface area contributed by atoms with Gasteiger partial charge in [-0.1, -0.05) is 11.6 Å². The van der Waals surface area contributed by atoms with E-state index >= 15 is 0 Å². The second-order valence-corrected chi connectivity index (χ2v) is 10.1. The molecule has 0 unspecified atom stereocenters. The van der Waals surface area contributed by atoms with Crippen molar-refractivity contribution in [1.29, 1.82) is 0 Å². The molecule has 3 heterocycles. The molecule has 152 valence electrons. The first-order valence-corrected chi connectivity index (χ1v) is 11.6. The first kappa shape index (κ1) is 19.8. The van der Waals surface area contributed by atoms with Crippen LogP contribution >= 0.6 is 22.9 Å². The van der Waals surface area contributed by atoms with E-state index < -0.39 is 26.9 Å². The summed E-state index contributed by atoms with van der Waals surface area (Å²) >= 11 is 7.31. The molecule has 0 radical (unpaired) electrons. The number of fused-ring (bicyclic) bond motifs is 1. The van der Waals surface area contributed by atoms with Gasteiger partial charge in [0.05, 0.1) is 10.7 Å². The lowest BCUT2D eigenvalue weighted by molar-refractivity contribution is 0.209. The van der Waals surface area contributed by atoms with Crippen molar-refractivity contribution in [3.05, 3.63) is 34.5 Å². The Morgan fingerprint density at radius 2 is 2.25 bits per heavy atom. The molecule has 1 aromatic heterocycles. The Bertz CT molecular complexity index is 974. The molecule has 2 N–H and O–H groups in total. The smallest absolute Gasteiger partial charge is 0.266 e. The van der Waals surface area contributed by atoms with Gasteiger partial charge in [-0.05, 0) is 37.9 Å². The molecular formula is C17H19ClF2N4O2S2. The molecule has 0 amide bonds. The van der Waals surface area contributed by atoms with Gasteiger partial charge in [-0.15, -0.1) is 11.3 Å². The maximum Gasteiger partial charge on any atom is 0.266 e. The van der Waals surface area contributed by atoms with E-state index in [-0.39, 0.29) is 21.4 Å². The predicted octanol–water partition coefficient (Wildman–Crippen LogP) is 3.72. The predicted molar refractivity (Wildman–Crippen MR) is 106 cm³/mol. The van der Waals surface area contributed by atoms with Crippen molar-refractivity contribution in [2.24, 2.45) is 0 Å². The minimum Gasteiger partial charge on any atom is -0.382 e. The number of thiazole rings is 1. The van der Waals surface area contributed by atoms with E-state index in [1.807, 2.05) is 0 Å². The van der Waals surface area contributed by atoms with Gasteiger partial charge in [-0.2, -0.15) is 0 Å². The monoisotopic (exact) mass is 448 g/mol. The molecular weight excluding hydrogens is 430 g/mol. The highest BCUT2D eigenvalue weighted by molar-refractivity contribution is 7.93. The van der Waals surface area contributed by atoms with E-state index in [2.05, 4.69) is 19.9 Å². The third kappa shape index (κ3) is 3.70. The summed E-state index contributed by atoms with van der Waals surface area (Å²) in [5, 5.41) is 4.92. The van der Waals surface area contributed by atoms with Gasteiger partial charge < -0.3 is 5.32 Å². The number of rotatable bonds is 6. The van der Waals surface area contributed by atoms with Gasteiger partial charge in [-0.3, -0.25) is 9.62 Å². The van der Waals surface area contributed by atoms with Crippen LogP contribution in [0.2, 0.25) is 5.02 Å². The summed E-state index contributed by atoms with van der Waals surface area (Å²) in [6.45, 7) is 1.70. The van der Waals surface area contributed by atoms with Gasteiger partial charge >= 0.3 is 0 Å². The van der Waals surface area contributed by atoms with Gasteiger partial charge in [0.25, 0.3) is 10.0 Å². The third-order valence-corrected chi connectivity index (χ3v) is 7.82. The van der Waals surface area contributed by atoms with Crippen molar-refractivity contribution in [2.75, 3.05) is 29.7 Å². The largest absolute Gasteiger partial charge is 0.382 e. The average Bonchev–Trinajstić information content (AvgIpc) is 3.31. The molecule has 1 aromatic carbocycles. The summed E-state index contributed by atoms with van der Waals surface area (Å²) in [6, 6.07) is 2.14. The van der Waals surface area contributed by atoms with Crippen LogP contribution in [-0.4, -0.2) is 49.6 Å². The van der Waals surface area contributed by atoms with Gasteiger partial charge in [0.2, 0.25) is 0 Å². The molecule has 2 aromatic rings. The molecule has 0 bridgehead atoms. The van der Waals surface area contributed by atoms with Crippen LogP contribution in [0.4, 0.5) is 19.6 Å². The lowest BCUT2D eigenvalue weighted by Crippen LogP contribution is -2.44. The van der Waals surface area contributed by atoms with Crippen molar-refractivity contribution in [2.45, 2.75) is 35.9 Å². The van der Waals surface area contributed by atoms with Crippen LogP contribution in [-0.2, 0) is 10.0 Å². The number of hydrogen-bond acceptors (Lipinski definition) is 6. The Morgan fingerprint density at radius 1 is 1.43 bits per heavy atom. The van der Waals surface area contributed by atoms with Crippen LogP contribution in [0.1, 0.15) is 19.3 Å². The van der Waals surface area contributed by atoms with Gasteiger partial charge in [-0.25, -0.2) is 22.2 Å². The van der Waals surface area contributed by atoms with Gasteiger partial charge in [0.15, 0.2) is 5.13 Å². The highest BCUT2D eigenvalue weighted by atomic mass is 35.5. The number of sulfonamides is 1. The van der Waals surface area contributed by atoms with Gasteiger partial charge in [0, 0.05) is 30.2 Å². The zero-order chi connectivity index (χ0) is 19.9. The zero-order valence-corrected chi connectivity index (χ0v) is 17.2. The third-order valence-electron chi connectivity index (χ3n) is 5.33. The van der Waals surface area contributed by atoms with Crippen molar-refractivity contribution in [1.82, 2.24) is 9.88 Å². The Hall–Kier alpha value is -1.49. The maximum atomic E-state index is 14.6. The number of nitrogens with zero attached hydrogens (tertiary/aromatic N) is 2. The molecule has 2 aliphatic rings. The van der Waals surface area contributed by atoms with E-state index in [9.17, 15) is 17.2 Å². The molecule has 11 heteroatoms. The minimum absolute atomic E-state index is 0.0802. The number of alkyl halides is 1. The number of halogens is 3. The van der Waals surface area contributed by atoms with Crippen molar-refractivity contribution in [3.63, 3.8) is 0 Å². The molecule has 2 aliphatic heterocycles. The number of benzene rings is 1. The molecule has 0 saturated carbocycles. The number of aromatic nitrogens is 1. The van der Waals surface area contributed by atoms with E-state index in [0.717, 1.165) is 42.9 Å². The van der Waals surface area contributed by atoms with E-state index in [1.165, 1.54) is 6.20 Å². The maximum absolute atomic E-state index is 14.6. The van der Waals surface area contributed by atoms with Crippen LogP contribution < -0.4 is 10.0 Å². The van der Waals surface area contributed by atoms with Crippen LogP contribution in [0.15, 0.2) is 28.6 Å². The first-order chi connectivity index (χ1) is 13.3. The molecule has 2 atom stereocenters. The van der Waals surface area contributed by atoms with Crippen LogP contribution in [0, 0.1) is 5.82 Å². The molecule has 2 fully saturated rings. The van der Waals surface area contributed by atoms with Crippen molar-refractivity contribution < 1.29 is 17.2 Å². The van der Waals surface area contributed by atoms with Crippen molar-refractivity contribution >= 4 is 43.8 Å². The summed E-state index contributed by atoms with van der Waals surface area (Å²) < 4.78 is 55.5. The number of hydrogen-bond donors (Lipinski definition) is 2. The highest BCUT2D eigenvalue weighted by Crippen LogP contribution is 2.40. The lowest BCUT2D eigenvalue weighted by atomic mass is 9.93. The fourth-order valence-electron chi connectivity index (χ4n) is 4.07. The lowest BCUT2D eigenvalue weighted by Gasteiger charge is -2.32. The second kappa shape index (κ2) is 7.40. The zero-order valence-electron chi connectivity index (χ0n) is 14.8. The fourth-order valence-corrected chi connectivity index (χ4v) is 6.24. The number of anilines is 2. The van der Waals surface area contributed by atoms with E-state index in [1.54, 1.807) is 5.38 Å². The second-order valence-electron chi connectivity index (χ2n) is 7.13. The summed E-state index contributed by atoms with van der Waals surface area (Å²) in [4.78, 5) is 5.41.